The number of nitrogens with one attached hydrogen (secondary N) is 1. The number of aliphatic hydroxyl groups excluding tert-OH is 2. The molecule has 0 aliphatic heterocycles. The van der Waals surface area contributed by atoms with Crippen LogP contribution in [0.15, 0.2) is 53.3 Å². The van der Waals surface area contributed by atoms with Gasteiger partial charge >= 0.3 is 0 Å². The zero-order valence-electron chi connectivity index (χ0n) is 28.3. The van der Waals surface area contributed by atoms with E-state index in [2.05, 4.69) is 24.1 Å². The van der Waals surface area contributed by atoms with E-state index < -0.39 is 58.0 Å². The van der Waals surface area contributed by atoms with Gasteiger partial charge in [0.2, 0.25) is 11.7 Å². The average Bonchev–Trinajstić information content (AvgIpc) is 3.01. The first-order valence-corrected chi connectivity index (χ1v) is 16.1. The molecule has 0 aromatic heterocycles. The Morgan fingerprint density at radius 2 is 1.73 bits per heavy atom. The lowest BCUT2D eigenvalue weighted by atomic mass is 9.57. The number of ketones is 2. The molecule has 4 atom stereocenters. The Balaban J connectivity index is 0.000000408. The minimum absolute atomic E-state index is 0.0503. The Morgan fingerprint density at radius 1 is 1.06 bits per heavy atom. The first-order chi connectivity index (χ1) is 22.6. The van der Waals surface area contributed by atoms with Gasteiger partial charge in [0, 0.05) is 31.5 Å². The third kappa shape index (κ3) is 6.47. The number of primary amides is 1. The highest BCUT2D eigenvalue weighted by Gasteiger charge is 2.64. The van der Waals surface area contributed by atoms with Gasteiger partial charge < -0.3 is 36.4 Å². The van der Waals surface area contributed by atoms with Crippen LogP contribution in [0, 0.1) is 18.8 Å². The summed E-state index contributed by atoms with van der Waals surface area (Å²) in [7, 11) is 3.14. The number of hydrogen-bond donors (Lipinski definition) is 6. The number of fused-ring (bicyclic) bond motifs is 3. The number of nitrogens with two attached hydrogens (primary N) is 1. The highest BCUT2D eigenvalue weighted by molar-refractivity contribution is 6.24. The van der Waals surface area contributed by atoms with E-state index in [4.69, 9.17) is 5.73 Å². The van der Waals surface area contributed by atoms with Crippen molar-refractivity contribution in [2.45, 2.75) is 52.2 Å². The van der Waals surface area contributed by atoms with Gasteiger partial charge in [0.05, 0.1) is 11.6 Å². The molecule has 7 N–H and O–H groups in total. The number of aromatic hydroxyl groups is 1. The van der Waals surface area contributed by atoms with Gasteiger partial charge in [-0.25, -0.2) is 0 Å². The Labute approximate surface area is 280 Å². The number of phenols is 1. The van der Waals surface area contributed by atoms with Crippen LogP contribution in [0.1, 0.15) is 43.9 Å². The number of rotatable bonds is 8. The molecule has 0 unspecified atom stereocenters. The molecule has 1 saturated carbocycles. The number of amides is 2. The lowest BCUT2D eigenvalue weighted by Gasteiger charge is -2.50. The van der Waals surface area contributed by atoms with Crippen molar-refractivity contribution >= 4 is 29.1 Å². The van der Waals surface area contributed by atoms with Crippen molar-refractivity contribution in [3.8, 4) is 16.9 Å². The molecule has 0 heterocycles. The van der Waals surface area contributed by atoms with E-state index in [1.54, 1.807) is 27.1 Å². The first kappa shape index (κ1) is 36.3. The molecule has 12 nitrogen and oxygen atoms in total. The minimum Gasteiger partial charge on any atom is -0.508 e. The summed E-state index contributed by atoms with van der Waals surface area (Å²) in [6.45, 7) is 11.6. The van der Waals surface area contributed by atoms with Crippen molar-refractivity contribution in [1.82, 2.24) is 15.1 Å². The predicted octanol–water partition coefficient (Wildman–Crippen LogP) is 2.40. The summed E-state index contributed by atoms with van der Waals surface area (Å²) in [5, 5.41) is 47.4. The maximum Gasteiger partial charge on any atom is 0.255 e. The van der Waals surface area contributed by atoms with Gasteiger partial charge in [0.1, 0.15) is 22.8 Å². The van der Waals surface area contributed by atoms with Crippen LogP contribution in [0.25, 0.3) is 16.9 Å². The maximum atomic E-state index is 13.9. The third-order valence-electron chi connectivity index (χ3n) is 9.63. The molecule has 48 heavy (non-hydrogen) atoms. The maximum absolute atomic E-state index is 13.9. The van der Waals surface area contributed by atoms with Crippen LogP contribution >= 0.6 is 0 Å². The highest BCUT2D eigenvalue weighted by Crippen LogP contribution is 2.53. The van der Waals surface area contributed by atoms with Crippen molar-refractivity contribution in [3.05, 3.63) is 70.0 Å². The molecule has 2 amide bonds. The summed E-state index contributed by atoms with van der Waals surface area (Å²) in [5.74, 6) is -6.55. The normalized spacial score (nSPS) is 23.3. The Kier molecular flexibility index (Phi) is 10.8. The number of nitrogens with zero attached hydrogens (tertiary/aromatic N) is 2. The zero-order chi connectivity index (χ0) is 35.7. The number of aliphatic hydroxyl groups is 3. The van der Waals surface area contributed by atoms with Crippen LogP contribution in [0.4, 0.5) is 0 Å². The first-order valence-electron chi connectivity index (χ1n) is 16.1. The molecule has 12 heteroatoms. The number of carbonyl (C=O) groups excluding carboxylic acids is 4. The van der Waals surface area contributed by atoms with Gasteiger partial charge in [-0.3, -0.25) is 24.1 Å². The number of likely N-dealkylation sites (N-methyl/N-ethyl adjacent to an activating group) is 2. The SMILES string of the molecule is CCN(CC)CCNC(C)=O.Cc1cccc(-c2ccc(O)c3c2C[C@H]2C[C@H]4[C@H](N(C)C)C(=O)C(C(N)=O)=C(O)[C@@]4(O)C(=O)C2=C3O)c1. The second-order valence-electron chi connectivity index (χ2n) is 12.8. The summed E-state index contributed by atoms with van der Waals surface area (Å²) in [6, 6.07) is 9.82. The molecule has 3 aliphatic rings. The van der Waals surface area contributed by atoms with Crippen LogP contribution in [-0.2, 0) is 25.6 Å². The van der Waals surface area contributed by atoms with Crippen LogP contribution in [0.2, 0.25) is 0 Å². The molecular weight excluding hydrogens is 616 g/mol. The number of aryl methyl sites for hydroxylation is 1. The predicted molar refractivity (Wildman–Crippen MR) is 181 cm³/mol. The summed E-state index contributed by atoms with van der Waals surface area (Å²) in [6.07, 6.45) is 0.293. The lowest BCUT2D eigenvalue weighted by molar-refractivity contribution is -0.153. The molecule has 5 rings (SSSR count). The second-order valence-corrected chi connectivity index (χ2v) is 12.8. The fourth-order valence-corrected chi connectivity index (χ4v) is 7.26. The molecule has 1 fully saturated rings. The molecule has 2 aromatic rings. The summed E-state index contributed by atoms with van der Waals surface area (Å²) in [4.78, 5) is 53.4. The summed E-state index contributed by atoms with van der Waals surface area (Å²) < 4.78 is 0. The number of phenolic OH excluding ortho intramolecular Hbond substituents is 1. The summed E-state index contributed by atoms with van der Waals surface area (Å²) in [5.41, 5.74) is 5.10. The Hall–Kier alpha value is -4.52. The summed E-state index contributed by atoms with van der Waals surface area (Å²) >= 11 is 0. The van der Waals surface area contributed by atoms with Crippen molar-refractivity contribution < 1.29 is 39.6 Å². The molecule has 0 bridgehead atoms. The fourth-order valence-electron chi connectivity index (χ4n) is 7.26. The van der Waals surface area contributed by atoms with Crippen LogP contribution in [0.5, 0.6) is 5.75 Å². The minimum atomic E-state index is -2.64. The molecule has 2 aromatic carbocycles. The van der Waals surface area contributed by atoms with Crippen molar-refractivity contribution in [2.75, 3.05) is 40.3 Å². The largest absolute Gasteiger partial charge is 0.508 e. The van der Waals surface area contributed by atoms with E-state index >= 15 is 0 Å². The van der Waals surface area contributed by atoms with Gasteiger partial charge in [-0.2, -0.15) is 0 Å². The molecule has 258 valence electrons. The zero-order valence-corrected chi connectivity index (χ0v) is 28.3. The van der Waals surface area contributed by atoms with E-state index in [9.17, 15) is 39.6 Å². The average molecular weight is 663 g/mol. The van der Waals surface area contributed by atoms with Crippen molar-refractivity contribution in [2.24, 2.45) is 17.6 Å². The molecule has 3 aliphatic carbocycles. The number of hydrogen-bond acceptors (Lipinski definition) is 10. The highest BCUT2D eigenvalue weighted by atomic mass is 16.3. The van der Waals surface area contributed by atoms with E-state index in [1.807, 2.05) is 31.2 Å². The third-order valence-corrected chi connectivity index (χ3v) is 9.63. The molecular formula is C36H46N4O8. The monoisotopic (exact) mass is 662 g/mol. The van der Waals surface area contributed by atoms with E-state index in [1.165, 1.54) is 11.0 Å². The van der Waals surface area contributed by atoms with E-state index in [0.717, 1.165) is 42.9 Å². The van der Waals surface area contributed by atoms with Crippen molar-refractivity contribution in [3.63, 3.8) is 0 Å². The van der Waals surface area contributed by atoms with E-state index in [0.29, 0.717) is 5.56 Å². The quantitative estimate of drug-likeness (QED) is 0.229. The van der Waals surface area contributed by atoms with Gasteiger partial charge in [-0.05, 0) is 75.6 Å². The molecule has 0 spiro atoms. The van der Waals surface area contributed by atoms with Crippen molar-refractivity contribution in [1.29, 1.82) is 0 Å². The van der Waals surface area contributed by atoms with Gasteiger partial charge in [0.15, 0.2) is 11.4 Å². The van der Waals surface area contributed by atoms with Crippen LogP contribution in [-0.4, -0.2) is 106 Å². The Morgan fingerprint density at radius 3 is 2.29 bits per heavy atom. The lowest BCUT2D eigenvalue weighted by Crippen LogP contribution is -2.65. The van der Waals surface area contributed by atoms with Gasteiger partial charge in [0.25, 0.3) is 5.91 Å². The Bertz CT molecular complexity index is 1690. The topological polar surface area (TPSA) is 194 Å². The van der Waals surface area contributed by atoms with Crippen LogP contribution < -0.4 is 11.1 Å². The van der Waals surface area contributed by atoms with Gasteiger partial charge in [-0.1, -0.05) is 49.7 Å². The smallest absolute Gasteiger partial charge is 0.255 e. The fraction of sp³-hybridized carbons (Fsp3) is 0.444. The van der Waals surface area contributed by atoms with Crippen LogP contribution in [0.3, 0.4) is 0 Å². The number of Topliss-reactive ketones (excluding diaryl/α,β-unsaturated/α-hetero) is 2. The number of benzene rings is 2. The molecule has 0 radical (unpaired) electrons. The number of carbonyl (C=O) groups is 4. The van der Waals surface area contributed by atoms with E-state index in [-0.39, 0.29) is 35.6 Å². The second kappa shape index (κ2) is 14.3. The standard InChI is InChI=1S/C28H28N2O7.C8H18N2O/c1-12-5-4-6-13(9-12)15-7-8-18(31)20-16(15)10-14-11-17-22(30(2)3)24(33)21(27(29)36)26(35)28(17,37)25(34)19(14)23(20)32;1-4-10(5-2)7-6-9-8(3)11/h4-9,14,17,22,31-32,35,37H,10-11H2,1-3H3,(H2,29,36);4-7H2,1-3H3,(H,9,11)/t14-,17-,22-,28-;/m0./s1. The molecule has 0 saturated heterocycles. The van der Waals surface area contributed by atoms with Gasteiger partial charge in [-0.15, -0.1) is 0 Å².